The van der Waals surface area contributed by atoms with Crippen LogP contribution >= 0.6 is 0 Å². The van der Waals surface area contributed by atoms with Crippen molar-refractivity contribution in [2.75, 3.05) is 19.8 Å². The fraction of sp³-hybridized carbons (Fsp3) is 0.615. The summed E-state index contributed by atoms with van der Waals surface area (Å²) in [5.41, 5.74) is 1.97. The van der Waals surface area contributed by atoms with E-state index in [4.69, 9.17) is 4.74 Å². The molecule has 0 aliphatic carbocycles. The number of hydrogen-bond acceptors (Lipinski definition) is 5. The Morgan fingerprint density at radius 2 is 2.22 bits per heavy atom. The molecular weight excluding hydrogens is 232 g/mol. The molecule has 0 aliphatic heterocycles. The van der Waals surface area contributed by atoms with Crippen LogP contribution in [-0.2, 0) is 17.9 Å². The molecule has 0 aliphatic rings. The van der Waals surface area contributed by atoms with Gasteiger partial charge in [-0.3, -0.25) is 4.98 Å². The Morgan fingerprint density at radius 3 is 2.89 bits per heavy atom. The number of aromatic nitrogens is 1. The summed E-state index contributed by atoms with van der Waals surface area (Å²) in [7, 11) is 0. The second-order valence-electron chi connectivity index (χ2n) is 4.08. The van der Waals surface area contributed by atoms with E-state index in [1.165, 1.54) is 0 Å². The van der Waals surface area contributed by atoms with Gasteiger partial charge in [0.2, 0.25) is 0 Å². The molecule has 0 radical (unpaired) electrons. The van der Waals surface area contributed by atoms with Crippen LogP contribution in [0.4, 0.5) is 0 Å². The number of aliphatic hydroxyl groups is 1. The summed E-state index contributed by atoms with van der Waals surface area (Å²) in [4.78, 5) is 4.02. The third kappa shape index (κ3) is 4.25. The highest BCUT2D eigenvalue weighted by Gasteiger charge is 2.10. The molecule has 102 valence electrons. The summed E-state index contributed by atoms with van der Waals surface area (Å²) >= 11 is 0. The molecule has 0 aromatic carbocycles. The lowest BCUT2D eigenvalue weighted by Crippen LogP contribution is -2.18. The topological polar surface area (TPSA) is 74.6 Å². The van der Waals surface area contributed by atoms with E-state index in [0.717, 1.165) is 31.7 Å². The summed E-state index contributed by atoms with van der Waals surface area (Å²) in [5, 5.41) is 22.3. The van der Waals surface area contributed by atoms with Gasteiger partial charge in [0.1, 0.15) is 5.75 Å². The first-order valence-corrected chi connectivity index (χ1v) is 6.26. The van der Waals surface area contributed by atoms with Crippen LogP contribution in [0.1, 0.15) is 30.2 Å². The molecule has 0 saturated carbocycles. The number of aromatic hydroxyl groups is 1. The average Bonchev–Trinajstić information content (AvgIpc) is 2.38. The van der Waals surface area contributed by atoms with E-state index >= 15 is 0 Å². The summed E-state index contributed by atoms with van der Waals surface area (Å²) < 4.78 is 5.23. The molecule has 1 heterocycles. The average molecular weight is 254 g/mol. The van der Waals surface area contributed by atoms with Gasteiger partial charge < -0.3 is 20.3 Å². The normalized spacial score (nSPS) is 10.8. The molecule has 3 N–H and O–H groups in total. The molecular formula is C13H22N2O3. The second-order valence-corrected chi connectivity index (χ2v) is 4.08. The summed E-state index contributed by atoms with van der Waals surface area (Å²) in [5.74, 6) is 0.166. The van der Waals surface area contributed by atoms with Crippen LogP contribution in [0, 0.1) is 6.92 Å². The van der Waals surface area contributed by atoms with Crippen molar-refractivity contribution in [3.8, 4) is 5.75 Å². The van der Waals surface area contributed by atoms with Gasteiger partial charge in [0.25, 0.3) is 0 Å². The standard InChI is InChI=1S/C13H22N2O3/c1-3-18-6-4-5-14-8-12-11(9-16)7-15-10(2)13(12)17/h7,14,16-17H,3-6,8-9H2,1-2H3. The Hall–Kier alpha value is -1.17. The molecule has 0 spiro atoms. The number of pyridine rings is 1. The molecule has 18 heavy (non-hydrogen) atoms. The van der Waals surface area contributed by atoms with Gasteiger partial charge in [-0.2, -0.15) is 0 Å². The Bertz CT molecular complexity index is 369. The van der Waals surface area contributed by atoms with Crippen molar-refractivity contribution in [2.24, 2.45) is 0 Å². The zero-order chi connectivity index (χ0) is 13.4. The van der Waals surface area contributed by atoms with Gasteiger partial charge in [-0.1, -0.05) is 0 Å². The van der Waals surface area contributed by atoms with Crippen LogP contribution in [-0.4, -0.2) is 35.0 Å². The quantitative estimate of drug-likeness (QED) is 0.606. The lowest BCUT2D eigenvalue weighted by molar-refractivity contribution is 0.144. The maximum absolute atomic E-state index is 9.91. The van der Waals surface area contributed by atoms with E-state index in [1.807, 2.05) is 6.92 Å². The van der Waals surface area contributed by atoms with Gasteiger partial charge in [-0.25, -0.2) is 0 Å². The SMILES string of the molecule is CCOCCCNCc1c(CO)cnc(C)c1O. The van der Waals surface area contributed by atoms with Crippen LogP contribution in [0.25, 0.3) is 0 Å². The summed E-state index contributed by atoms with van der Waals surface area (Å²) in [6.07, 6.45) is 2.53. The van der Waals surface area contributed by atoms with E-state index < -0.39 is 0 Å². The molecule has 5 heteroatoms. The van der Waals surface area contributed by atoms with Crippen LogP contribution < -0.4 is 5.32 Å². The third-order valence-electron chi connectivity index (χ3n) is 2.75. The Morgan fingerprint density at radius 1 is 1.44 bits per heavy atom. The van der Waals surface area contributed by atoms with Gasteiger partial charge in [-0.15, -0.1) is 0 Å². The number of aryl methyl sites for hydroxylation is 1. The summed E-state index contributed by atoms with van der Waals surface area (Å²) in [6, 6.07) is 0. The van der Waals surface area contributed by atoms with Crippen molar-refractivity contribution in [1.82, 2.24) is 10.3 Å². The Balaban J connectivity index is 2.48. The van der Waals surface area contributed by atoms with Crippen molar-refractivity contribution < 1.29 is 14.9 Å². The smallest absolute Gasteiger partial charge is 0.141 e. The molecule has 1 rings (SSSR count). The molecule has 1 aromatic rings. The van der Waals surface area contributed by atoms with Crippen LogP contribution in [0.2, 0.25) is 0 Å². The first kappa shape index (κ1) is 14.9. The van der Waals surface area contributed by atoms with Gasteiger partial charge in [0.05, 0.1) is 12.3 Å². The van der Waals surface area contributed by atoms with E-state index in [9.17, 15) is 10.2 Å². The molecule has 0 saturated heterocycles. The monoisotopic (exact) mass is 254 g/mol. The zero-order valence-corrected chi connectivity index (χ0v) is 11.1. The van der Waals surface area contributed by atoms with Crippen LogP contribution in [0.5, 0.6) is 5.75 Å². The van der Waals surface area contributed by atoms with E-state index in [-0.39, 0.29) is 12.4 Å². The van der Waals surface area contributed by atoms with Gasteiger partial charge in [0, 0.05) is 37.1 Å². The predicted molar refractivity (Wildman–Crippen MR) is 69.4 cm³/mol. The van der Waals surface area contributed by atoms with Gasteiger partial charge >= 0.3 is 0 Å². The Kier molecular flexibility index (Phi) is 6.64. The second kappa shape index (κ2) is 8.02. The van der Waals surface area contributed by atoms with Gasteiger partial charge in [-0.05, 0) is 26.8 Å². The fourth-order valence-electron chi connectivity index (χ4n) is 1.67. The molecule has 5 nitrogen and oxygen atoms in total. The minimum Gasteiger partial charge on any atom is -0.506 e. The number of nitrogens with zero attached hydrogens (tertiary/aromatic N) is 1. The van der Waals surface area contributed by atoms with E-state index in [1.54, 1.807) is 13.1 Å². The highest BCUT2D eigenvalue weighted by molar-refractivity contribution is 5.40. The largest absolute Gasteiger partial charge is 0.506 e. The summed E-state index contributed by atoms with van der Waals surface area (Å²) in [6.45, 7) is 6.41. The van der Waals surface area contributed by atoms with Crippen molar-refractivity contribution >= 4 is 0 Å². The van der Waals surface area contributed by atoms with Crippen LogP contribution in [0.3, 0.4) is 0 Å². The van der Waals surface area contributed by atoms with Gasteiger partial charge in [0.15, 0.2) is 0 Å². The minimum absolute atomic E-state index is 0.114. The van der Waals surface area contributed by atoms with Crippen molar-refractivity contribution in [3.63, 3.8) is 0 Å². The highest BCUT2D eigenvalue weighted by Crippen LogP contribution is 2.23. The maximum atomic E-state index is 9.91. The molecule has 0 bridgehead atoms. The first-order valence-electron chi connectivity index (χ1n) is 6.26. The molecule has 0 fully saturated rings. The Labute approximate surface area is 108 Å². The molecule has 0 unspecified atom stereocenters. The number of aliphatic hydroxyl groups excluding tert-OH is 1. The molecule has 0 atom stereocenters. The molecule has 0 amide bonds. The predicted octanol–water partition coefficient (Wildman–Crippen LogP) is 1.10. The number of nitrogens with one attached hydrogen (secondary N) is 1. The van der Waals surface area contributed by atoms with E-state index in [2.05, 4.69) is 10.3 Å². The van der Waals surface area contributed by atoms with Crippen molar-refractivity contribution in [1.29, 1.82) is 0 Å². The number of ether oxygens (including phenoxy) is 1. The number of hydrogen-bond donors (Lipinski definition) is 3. The number of rotatable bonds is 8. The molecule has 1 aromatic heterocycles. The van der Waals surface area contributed by atoms with E-state index in [0.29, 0.717) is 17.8 Å². The minimum atomic E-state index is -0.114. The first-order chi connectivity index (χ1) is 8.70. The van der Waals surface area contributed by atoms with Crippen molar-refractivity contribution in [2.45, 2.75) is 33.4 Å². The lowest BCUT2D eigenvalue weighted by Gasteiger charge is -2.12. The lowest BCUT2D eigenvalue weighted by atomic mass is 10.1. The maximum Gasteiger partial charge on any atom is 0.141 e. The zero-order valence-electron chi connectivity index (χ0n) is 11.1. The van der Waals surface area contributed by atoms with Crippen molar-refractivity contribution in [3.05, 3.63) is 23.0 Å². The fourth-order valence-corrected chi connectivity index (χ4v) is 1.67. The third-order valence-corrected chi connectivity index (χ3v) is 2.75. The highest BCUT2D eigenvalue weighted by atomic mass is 16.5. The van der Waals surface area contributed by atoms with Crippen LogP contribution in [0.15, 0.2) is 6.20 Å².